The van der Waals surface area contributed by atoms with Crippen LogP contribution in [0.5, 0.6) is 0 Å². The number of piperazine rings is 1. The second kappa shape index (κ2) is 9.30. The van der Waals surface area contributed by atoms with Crippen molar-refractivity contribution in [3.05, 3.63) is 53.3 Å². The van der Waals surface area contributed by atoms with Crippen molar-refractivity contribution in [3.63, 3.8) is 0 Å². The first kappa shape index (κ1) is 21.2. The number of halogens is 3. The molecule has 0 amide bonds. The van der Waals surface area contributed by atoms with Gasteiger partial charge in [-0.1, -0.05) is 18.2 Å². The fourth-order valence-corrected chi connectivity index (χ4v) is 3.43. The number of rotatable bonds is 5. The van der Waals surface area contributed by atoms with E-state index in [1.54, 1.807) is 13.1 Å². The Balaban J connectivity index is 1.46. The van der Waals surface area contributed by atoms with E-state index in [-0.39, 0.29) is 0 Å². The number of aliphatic imine (C=N–C) groups is 1. The minimum Gasteiger partial charge on any atom is -0.354 e. The molecule has 2 heterocycles. The van der Waals surface area contributed by atoms with Crippen molar-refractivity contribution in [2.75, 3.05) is 39.8 Å². The topological polar surface area (TPSA) is 48.7 Å². The summed E-state index contributed by atoms with van der Waals surface area (Å²) >= 11 is 0. The minimum absolute atomic E-state index is 0.516. The second-order valence-electron chi connectivity index (χ2n) is 7.22. The molecule has 1 aromatic heterocycles. The Morgan fingerprint density at radius 2 is 1.97 bits per heavy atom. The van der Waals surface area contributed by atoms with E-state index >= 15 is 0 Å². The molecule has 0 atom stereocenters. The minimum atomic E-state index is -4.30. The first-order valence-corrected chi connectivity index (χ1v) is 9.68. The van der Waals surface area contributed by atoms with Crippen LogP contribution in [0.15, 0.2) is 41.7 Å². The molecule has 1 aliphatic rings. The summed E-state index contributed by atoms with van der Waals surface area (Å²) in [6.07, 6.45) is -0.475. The van der Waals surface area contributed by atoms with Gasteiger partial charge in [0, 0.05) is 52.5 Å². The van der Waals surface area contributed by atoms with Crippen molar-refractivity contribution in [3.8, 4) is 0 Å². The maximum atomic E-state index is 12.9. The molecule has 0 radical (unpaired) electrons. The predicted molar refractivity (Wildman–Crippen MR) is 107 cm³/mol. The summed E-state index contributed by atoms with van der Waals surface area (Å²) in [5.41, 5.74) is 1.22. The van der Waals surface area contributed by atoms with E-state index in [1.165, 1.54) is 12.1 Å². The number of nitrogens with one attached hydrogen (secondary N) is 1. The first-order chi connectivity index (χ1) is 13.8. The normalized spacial score (nSPS) is 16.3. The van der Waals surface area contributed by atoms with E-state index in [0.29, 0.717) is 12.1 Å². The average molecular weight is 408 g/mol. The van der Waals surface area contributed by atoms with Crippen molar-refractivity contribution < 1.29 is 13.2 Å². The van der Waals surface area contributed by atoms with Gasteiger partial charge in [0.1, 0.15) is 0 Å². The average Bonchev–Trinajstić information content (AvgIpc) is 3.11. The van der Waals surface area contributed by atoms with Gasteiger partial charge in [-0.2, -0.15) is 18.3 Å². The highest BCUT2D eigenvalue weighted by molar-refractivity contribution is 5.79. The summed E-state index contributed by atoms with van der Waals surface area (Å²) in [5.74, 6) is 0.840. The fraction of sp³-hybridized carbons (Fsp3) is 0.500. The molecule has 1 aromatic carbocycles. The van der Waals surface area contributed by atoms with Crippen LogP contribution >= 0.6 is 0 Å². The predicted octanol–water partition coefficient (Wildman–Crippen LogP) is 2.60. The maximum Gasteiger partial charge on any atom is 0.416 e. The largest absolute Gasteiger partial charge is 0.416 e. The van der Waals surface area contributed by atoms with Gasteiger partial charge in [0.25, 0.3) is 0 Å². The van der Waals surface area contributed by atoms with Crippen LogP contribution in [-0.2, 0) is 19.3 Å². The van der Waals surface area contributed by atoms with Crippen LogP contribution in [-0.4, -0.2) is 65.3 Å². The van der Waals surface area contributed by atoms with E-state index in [2.05, 4.69) is 25.2 Å². The summed E-state index contributed by atoms with van der Waals surface area (Å²) in [7, 11) is 1.76. The molecule has 1 fully saturated rings. The second-order valence-corrected chi connectivity index (χ2v) is 7.22. The summed E-state index contributed by atoms with van der Waals surface area (Å²) in [6.45, 7) is 7.10. The standard InChI is InChI=1S/C20H27F3N6/c1-16-13-26-29(14-16)7-6-25-19(24-2)28-10-8-27(9-11-28)15-17-4-3-5-18(12-17)20(21,22)23/h3-5,12-14H,6-11,15H2,1-2H3,(H,24,25). The van der Waals surface area contributed by atoms with Gasteiger partial charge in [0.2, 0.25) is 0 Å². The zero-order chi connectivity index (χ0) is 20.9. The maximum absolute atomic E-state index is 12.9. The highest BCUT2D eigenvalue weighted by atomic mass is 19.4. The van der Waals surface area contributed by atoms with E-state index in [9.17, 15) is 13.2 Å². The Morgan fingerprint density at radius 3 is 2.59 bits per heavy atom. The van der Waals surface area contributed by atoms with Crippen LogP contribution in [0, 0.1) is 6.92 Å². The molecule has 6 nitrogen and oxygen atoms in total. The van der Waals surface area contributed by atoms with E-state index in [4.69, 9.17) is 0 Å². The molecule has 0 saturated carbocycles. The van der Waals surface area contributed by atoms with Gasteiger partial charge in [-0.25, -0.2) is 0 Å². The molecular weight excluding hydrogens is 381 g/mol. The number of hydrogen-bond donors (Lipinski definition) is 1. The Kier molecular flexibility index (Phi) is 6.79. The van der Waals surface area contributed by atoms with Gasteiger partial charge in [0.05, 0.1) is 18.3 Å². The van der Waals surface area contributed by atoms with Gasteiger partial charge < -0.3 is 10.2 Å². The molecule has 158 valence electrons. The highest BCUT2D eigenvalue weighted by Gasteiger charge is 2.30. The van der Waals surface area contributed by atoms with Crippen molar-refractivity contribution in [1.82, 2.24) is 24.9 Å². The highest BCUT2D eigenvalue weighted by Crippen LogP contribution is 2.29. The van der Waals surface area contributed by atoms with Gasteiger partial charge >= 0.3 is 6.18 Å². The van der Waals surface area contributed by atoms with Crippen LogP contribution < -0.4 is 5.32 Å². The molecule has 0 bridgehead atoms. The van der Waals surface area contributed by atoms with Crippen molar-refractivity contribution in [2.24, 2.45) is 4.99 Å². The van der Waals surface area contributed by atoms with E-state index < -0.39 is 11.7 Å². The van der Waals surface area contributed by atoms with Crippen LogP contribution in [0.3, 0.4) is 0 Å². The Labute approximate surface area is 169 Å². The molecule has 29 heavy (non-hydrogen) atoms. The zero-order valence-electron chi connectivity index (χ0n) is 16.8. The Morgan fingerprint density at radius 1 is 1.21 bits per heavy atom. The smallest absolute Gasteiger partial charge is 0.354 e. The number of benzene rings is 1. The number of alkyl halides is 3. The Hall–Kier alpha value is -2.55. The Bertz CT molecular complexity index is 822. The third-order valence-electron chi connectivity index (χ3n) is 4.93. The van der Waals surface area contributed by atoms with Crippen LogP contribution in [0.25, 0.3) is 0 Å². The third kappa shape index (κ3) is 5.96. The van der Waals surface area contributed by atoms with Crippen molar-refractivity contribution >= 4 is 5.96 Å². The quantitative estimate of drug-likeness (QED) is 0.610. The molecule has 9 heteroatoms. The lowest BCUT2D eigenvalue weighted by molar-refractivity contribution is -0.137. The SMILES string of the molecule is CN=C(NCCn1cc(C)cn1)N1CCN(Cc2cccc(C(F)(F)F)c2)CC1. The number of aromatic nitrogens is 2. The molecule has 0 spiro atoms. The van der Waals surface area contributed by atoms with Crippen LogP contribution in [0.2, 0.25) is 0 Å². The van der Waals surface area contributed by atoms with Gasteiger partial charge in [0.15, 0.2) is 5.96 Å². The van der Waals surface area contributed by atoms with Crippen molar-refractivity contribution in [2.45, 2.75) is 26.2 Å². The monoisotopic (exact) mass is 408 g/mol. The summed E-state index contributed by atoms with van der Waals surface area (Å²) < 4.78 is 40.6. The van der Waals surface area contributed by atoms with Gasteiger partial charge in [-0.05, 0) is 24.1 Å². The lowest BCUT2D eigenvalue weighted by Gasteiger charge is -2.36. The van der Waals surface area contributed by atoms with E-state index in [1.807, 2.05) is 24.0 Å². The van der Waals surface area contributed by atoms with Crippen molar-refractivity contribution in [1.29, 1.82) is 0 Å². The molecular formula is C20H27F3N6. The summed E-state index contributed by atoms with van der Waals surface area (Å²) in [6, 6.07) is 5.58. The van der Waals surface area contributed by atoms with Crippen LogP contribution in [0.4, 0.5) is 13.2 Å². The lowest BCUT2D eigenvalue weighted by atomic mass is 10.1. The molecule has 3 rings (SSSR count). The molecule has 0 aliphatic carbocycles. The first-order valence-electron chi connectivity index (χ1n) is 9.68. The molecule has 1 saturated heterocycles. The number of nitrogens with zero attached hydrogens (tertiary/aromatic N) is 5. The molecule has 2 aromatic rings. The van der Waals surface area contributed by atoms with Crippen LogP contribution in [0.1, 0.15) is 16.7 Å². The van der Waals surface area contributed by atoms with Gasteiger partial charge in [-0.15, -0.1) is 0 Å². The lowest BCUT2D eigenvalue weighted by Crippen LogP contribution is -2.52. The fourth-order valence-electron chi connectivity index (χ4n) is 3.43. The molecule has 0 unspecified atom stereocenters. The number of hydrogen-bond acceptors (Lipinski definition) is 3. The molecule has 1 aliphatic heterocycles. The number of guanidine groups is 1. The summed E-state index contributed by atoms with van der Waals surface area (Å²) in [5, 5.41) is 7.63. The number of aryl methyl sites for hydroxylation is 1. The third-order valence-corrected chi connectivity index (χ3v) is 4.93. The zero-order valence-corrected chi connectivity index (χ0v) is 16.8. The van der Waals surface area contributed by atoms with E-state index in [0.717, 1.165) is 56.9 Å². The summed E-state index contributed by atoms with van der Waals surface area (Å²) in [4.78, 5) is 8.70. The van der Waals surface area contributed by atoms with Gasteiger partial charge in [-0.3, -0.25) is 14.6 Å². The molecule has 1 N–H and O–H groups in total.